The van der Waals surface area contributed by atoms with Crippen LogP contribution < -0.4 is 16.0 Å². The standard InChI is InChI=1S/C24H22N4O4S/c1-32-20-7-3-2-5-15(20)13-27(14-18-6-4-10-33-18)23(30)16-11-19-21(25-12-16)28(17-8-9-17)24(31)26-22(19)29/h2-7,10-12,17H,8-9,13-14H2,1H3,(H,26,29,31). The van der Waals surface area contributed by atoms with Crippen LogP contribution in [0.15, 0.2) is 63.6 Å². The van der Waals surface area contributed by atoms with Crippen LogP contribution in [0.1, 0.15) is 39.7 Å². The Labute approximate surface area is 193 Å². The molecule has 0 saturated heterocycles. The van der Waals surface area contributed by atoms with Gasteiger partial charge in [0.15, 0.2) is 0 Å². The Balaban J connectivity index is 1.54. The summed E-state index contributed by atoms with van der Waals surface area (Å²) < 4.78 is 6.98. The lowest BCUT2D eigenvalue weighted by atomic mass is 10.1. The Morgan fingerprint density at radius 2 is 2.03 bits per heavy atom. The summed E-state index contributed by atoms with van der Waals surface area (Å²) in [6.07, 6.45) is 3.19. The number of thiophene rings is 1. The Morgan fingerprint density at radius 1 is 1.21 bits per heavy atom. The van der Waals surface area contributed by atoms with E-state index in [1.165, 1.54) is 16.8 Å². The highest BCUT2D eigenvalue weighted by Crippen LogP contribution is 2.34. The maximum Gasteiger partial charge on any atom is 0.330 e. The van der Waals surface area contributed by atoms with Gasteiger partial charge < -0.3 is 9.64 Å². The third-order valence-electron chi connectivity index (χ3n) is 5.71. The minimum Gasteiger partial charge on any atom is -0.496 e. The molecule has 0 spiro atoms. The maximum absolute atomic E-state index is 13.6. The van der Waals surface area contributed by atoms with Crippen molar-refractivity contribution in [3.05, 3.63) is 90.9 Å². The molecule has 9 heteroatoms. The van der Waals surface area contributed by atoms with Crippen molar-refractivity contribution in [1.82, 2.24) is 19.4 Å². The lowest BCUT2D eigenvalue weighted by molar-refractivity contribution is 0.0730. The number of aromatic amines is 1. The van der Waals surface area contributed by atoms with Crippen LogP contribution in [0.3, 0.4) is 0 Å². The quantitative estimate of drug-likeness (QED) is 0.454. The largest absolute Gasteiger partial charge is 0.496 e. The lowest BCUT2D eigenvalue weighted by Crippen LogP contribution is -2.32. The molecule has 3 aromatic heterocycles. The molecule has 0 unspecified atom stereocenters. The first-order valence-electron chi connectivity index (χ1n) is 10.6. The van der Waals surface area contributed by atoms with Crippen LogP contribution >= 0.6 is 11.3 Å². The summed E-state index contributed by atoms with van der Waals surface area (Å²) in [6.45, 7) is 0.737. The molecule has 0 bridgehead atoms. The van der Waals surface area contributed by atoms with E-state index in [1.807, 2.05) is 41.8 Å². The average molecular weight is 463 g/mol. The Morgan fingerprint density at radius 3 is 2.76 bits per heavy atom. The van der Waals surface area contributed by atoms with Gasteiger partial charge in [0.25, 0.3) is 11.5 Å². The number of aromatic nitrogens is 3. The first-order chi connectivity index (χ1) is 16.0. The molecule has 1 amide bonds. The van der Waals surface area contributed by atoms with Gasteiger partial charge >= 0.3 is 5.69 Å². The van der Waals surface area contributed by atoms with Gasteiger partial charge in [-0.05, 0) is 36.4 Å². The monoisotopic (exact) mass is 462 g/mol. The van der Waals surface area contributed by atoms with E-state index >= 15 is 0 Å². The summed E-state index contributed by atoms with van der Waals surface area (Å²) in [5.74, 6) is 0.440. The molecule has 1 aromatic carbocycles. The van der Waals surface area contributed by atoms with Gasteiger partial charge in [0, 0.05) is 22.7 Å². The topological polar surface area (TPSA) is 97.3 Å². The predicted octanol–water partition coefficient (Wildman–Crippen LogP) is 3.33. The van der Waals surface area contributed by atoms with Crippen molar-refractivity contribution >= 4 is 28.3 Å². The van der Waals surface area contributed by atoms with Crippen LogP contribution in [0.25, 0.3) is 11.0 Å². The number of rotatable bonds is 7. The van der Waals surface area contributed by atoms with Gasteiger partial charge in [0.2, 0.25) is 0 Å². The highest BCUT2D eigenvalue weighted by Gasteiger charge is 2.28. The molecule has 1 fully saturated rings. The smallest absolute Gasteiger partial charge is 0.330 e. The summed E-state index contributed by atoms with van der Waals surface area (Å²) in [6, 6.07) is 13.1. The molecule has 33 heavy (non-hydrogen) atoms. The molecule has 1 N–H and O–H groups in total. The zero-order valence-corrected chi connectivity index (χ0v) is 18.8. The number of H-pyrrole nitrogens is 1. The number of carbonyl (C=O) groups is 1. The van der Waals surface area contributed by atoms with Crippen LogP contribution in [0.5, 0.6) is 5.75 Å². The second-order valence-corrected chi connectivity index (χ2v) is 9.04. The van der Waals surface area contributed by atoms with Gasteiger partial charge in [-0.2, -0.15) is 0 Å². The van der Waals surface area contributed by atoms with E-state index in [4.69, 9.17) is 4.74 Å². The third kappa shape index (κ3) is 4.19. The predicted molar refractivity (Wildman–Crippen MR) is 126 cm³/mol. The summed E-state index contributed by atoms with van der Waals surface area (Å²) in [5, 5.41) is 2.20. The highest BCUT2D eigenvalue weighted by atomic mass is 32.1. The number of methoxy groups -OCH3 is 1. The van der Waals surface area contributed by atoms with Gasteiger partial charge in [-0.25, -0.2) is 9.78 Å². The number of amides is 1. The molecule has 3 heterocycles. The molecule has 8 nitrogen and oxygen atoms in total. The van der Waals surface area contributed by atoms with Gasteiger partial charge in [-0.3, -0.25) is 19.1 Å². The number of para-hydroxylation sites is 1. The molecule has 1 aliphatic carbocycles. The van der Waals surface area contributed by atoms with Gasteiger partial charge in [0.05, 0.1) is 31.1 Å². The SMILES string of the molecule is COc1ccccc1CN(Cc1cccs1)C(=O)c1cnc2c(c1)c(=O)[nH]c(=O)n2C1CC1. The van der Waals surface area contributed by atoms with Crippen molar-refractivity contribution in [2.45, 2.75) is 32.0 Å². The van der Waals surface area contributed by atoms with Crippen molar-refractivity contribution in [3.63, 3.8) is 0 Å². The van der Waals surface area contributed by atoms with Crippen molar-refractivity contribution in [1.29, 1.82) is 0 Å². The molecule has 1 saturated carbocycles. The fourth-order valence-electron chi connectivity index (χ4n) is 3.94. The first-order valence-corrected chi connectivity index (χ1v) is 11.5. The zero-order chi connectivity index (χ0) is 22.9. The summed E-state index contributed by atoms with van der Waals surface area (Å²) in [7, 11) is 1.60. The van der Waals surface area contributed by atoms with Crippen molar-refractivity contribution in [3.8, 4) is 5.75 Å². The minimum atomic E-state index is -0.538. The van der Waals surface area contributed by atoms with E-state index in [9.17, 15) is 14.4 Å². The minimum absolute atomic E-state index is 0.0479. The van der Waals surface area contributed by atoms with E-state index < -0.39 is 11.2 Å². The molecular weight excluding hydrogens is 440 g/mol. The number of fused-ring (bicyclic) bond motifs is 1. The second kappa shape index (κ2) is 8.67. The molecule has 0 radical (unpaired) electrons. The normalized spacial score (nSPS) is 13.2. The number of nitrogens with zero attached hydrogens (tertiary/aromatic N) is 3. The van der Waals surface area contributed by atoms with Crippen LogP contribution in [0.2, 0.25) is 0 Å². The number of ether oxygens (including phenoxy) is 1. The number of hydrogen-bond donors (Lipinski definition) is 1. The Hall–Kier alpha value is -3.72. The Bertz CT molecular complexity index is 1440. The highest BCUT2D eigenvalue weighted by molar-refractivity contribution is 7.09. The molecule has 0 atom stereocenters. The van der Waals surface area contributed by atoms with Crippen LogP contribution in [-0.4, -0.2) is 32.5 Å². The number of carbonyl (C=O) groups excluding carboxylic acids is 1. The fraction of sp³-hybridized carbons (Fsp3) is 0.250. The fourth-order valence-corrected chi connectivity index (χ4v) is 4.66. The van der Waals surface area contributed by atoms with Crippen molar-refractivity contribution in [2.24, 2.45) is 0 Å². The summed E-state index contributed by atoms with van der Waals surface area (Å²) in [4.78, 5) is 47.9. The number of benzene rings is 1. The first kappa shape index (κ1) is 21.1. The van der Waals surface area contributed by atoms with Gasteiger partial charge in [0.1, 0.15) is 11.4 Å². The van der Waals surface area contributed by atoms with Crippen molar-refractivity contribution < 1.29 is 9.53 Å². The van der Waals surface area contributed by atoms with Crippen LogP contribution in [0, 0.1) is 0 Å². The van der Waals surface area contributed by atoms with Crippen LogP contribution in [0.4, 0.5) is 0 Å². The molecular formula is C24H22N4O4S. The van der Waals surface area contributed by atoms with E-state index in [-0.39, 0.29) is 17.3 Å². The van der Waals surface area contributed by atoms with Gasteiger partial charge in [-0.1, -0.05) is 24.3 Å². The summed E-state index contributed by atoms with van der Waals surface area (Å²) in [5.41, 5.74) is 0.484. The molecule has 0 aliphatic heterocycles. The molecule has 1 aliphatic rings. The summed E-state index contributed by atoms with van der Waals surface area (Å²) >= 11 is 1.57. The molecule has 5 rings (SSSR count). The van der Waals surface area contributed by atoms with E-state index in [0.29, 0.717) is 30.0 Å². The van der Waals surface area contributed by atoms with E-state index in [0.717, 1.165) is 23.3 Å². The van der Waals surface area contributed by atoms with Crippen molar-refractivity contribution in [2.75, 3.05) is 7.11 Å². The van der Waals surface area contributed by atoms with E-state index in [2.05, 4.69) is 9.97 Å². The number of hydrogen-bond acceptors (Lipinski definition) is 6. The number of pyridine rings is 1. The average Bonchev–Trinajstić information content (AvgIpc) is 3.52. The van der Waals surface area contributed by atoms with Gasteiger partial charge in [-0.15, -0.1) is 11.3 Å². The van der Waals surface area contributed by atoms with Crippen LogP contribution in [-0.2, 0) is 13.1 Å². The zero-order valence-electron chi connectivity index (χ0n) is 18.0. The second-order valence-electron chi connectivity index (χ2n) is 8.01. The number of nitrogens with one attached hydrogen (secondary N) is 1. The molecule has 168 valence electrons. The lowest BCUT2D eigenvalue weighted by Gasteiger charge is -2.23. The molecule has 4 aromatic rings. The Kier molecular flexibility index (Phi) is 5.55. The third-order valence-corrected chi connectivity index (χ3v) is 6.57. The maximum atomic E-state index is 13.6. The van der Waals surface area contributed by atoms with E-state index in [1.54, 1.807) is 23.3 Å².